The van der Waals surface area contributed by atoms with Crippen molar-refractivity contribution in [2.75, 3.05) is 11.2 Å². The van der Waals surface area contributed by atoms with E-state index in [0.29, 0.717) is 5.88 Å². The maximum absolute atomic E-state index is 6.07. The number of hydrogen-bond acceptors (Lipinski definition) is 3. The number of rotatable bonds is 3. The van der Waals surface area contributed by atoms with Crippen molar-refractivity contribution < 1.29 is 0 Å². The number of hydrogen-bond donors (Lipinski definition) is 1. The molecular weight excluding hydrogens is 222 g/mol. The fourth-order valence-electron chi connectivity index (χ4n) is 2.22. The number of alkyl halides is 1. The monoisotopic (exact) mass is 239 g/mol. The minimum absolute atomic E-state index is 0.0396. The van der Waals surface area contributed by atoms with Crippen molar-refractivity contribution in [3.05, 3.63) is 17.6 Å². The van der Waals surface area contributed by atoms with Gasteiger partial charge in [0.05, 0.1) is 23.1 Å². The number of aromatic nitrogens is 2. The zero-order chi connectivity index (χ0) is 11.6. The summed E-state index contributed by atoms with van der Waals surface area (Å²) in [6.45, 7) is 3.95. The third kappa shape index (κ3) is 2.29. The molecule has 1 aromatic heterocycles. The molecule has 2 rings (SSSR count). The number of anilines is 1. The molecule has 0 spiro atoms. The standard InChI is InChI=1S/C12H18ClN3/c1-9-10(2)15-11(7-14-9)16-12(8-13)5-3-4-6-12/h7H,3-6,8H2,1-2H3,(H,15,16). The molecule has 16 heavy (non-hydrogen) atoms. The van der Waals surface area contributed by atoms with E-state index in [1.165, 1.54) is 12.8 Å². The Hall–Kier alpha value is -0.830. The lowest BCUT2D eigenvalue weighted by atomic mass is 10.0. The molecule has 0 bridgehead atoms. The Labute approximate surface area is 102 Å². The second-order valence-electron chi connectivity index (χ2n) is 4.67. The van der Waals surface area contributed by atoms with Crippen molar-refractivity contribution >= 4 is 17.4 Å². The van der Waals surface area contributed by atoms with Gasteiger partial charge >= 0.3 is 0 Å². The molecule has 1 saturated carbocycles. The Morgan fingerprint density at radius 2 is 2.00 bits per heavy atom. The summed E-state index contributed by atoms with van der Waals surface area (Å²) in [5, 5.41) is 3.47. The molecule has 0 radical (unpaired) electrons. The van der Waals surface area contributed by atoms with Crippen LogP contribution in [0.4, 0.5) is 5.82 Å². The summed E-state index contributed by atoms with van der Waals surface area (Å²) in [6.07, 6.45) is 6.56. The maximum atomic E-state index is 6.07. The van der Waals surface area contributed by atoms with Crippen LogP contribution in [0.2, 0.25) is 0 Å². The molecule has 0 aromatic carbocycles. The first-order valence-electron chi connectivity index (χ1n) is 5.80. The zero-order valence-corrected chi connectivity index (χ0v) is 10.6. The van der Waals surface area contributed by atoms with Crippen LogP contribution in [0.3, 0.4) is 0 Å². The Kier molecular flexibility index (Phi) is 3.33. The number of halogens is 1. The van der Waals surface area contributed by atoms with E-state index in [4.69, 9.17) is 11.6 Å². The molecule has 88 valence electrons. The molecule has 3 nitrogen and oxygen atoms in total. The highest BCUT2D eigenvalue weighted by atomic mass is 35.5. The summed E-state index contributed by atoms with van der Waals surface area (Å²) in [5.41, 5.74) is 2.00. The van der Waals surface area contributed by atoms with E-state index in [1.54, 1.807) is 6.20 Å². The Morgan fingerprint density at radius 3 is 2.56 bits per heavy atom. The van der Waals surface area contributed by atoms with E-state index in [2.05, 4.69) is 15.3 Å². The number of nitrogens with one attached hydrogen (secondary N) is 1. The lowest BCUT2D eigenvalue weighted by molar-refractivity contribution is 0.537. The van der Waals surface area contributed by atoms with Crippen LogP contribution in [0, 0.1) is 13.8 Å². The van der Waals surface area contributed by atoms with Crippen LogP contribution in [0.25, 0.3) is 0 Å². The predicted molar refractivity (Wildman–Crippen MR) is 67.0 cm³/mol. The second kappa shape index (κ2) is 4.58. The van der Waals surface area contributed by atoms with E-state index >= 15 is 0 Å². The van der Waals surface area contributed by atoms with Crippen molar-refractivity contribution in [3.63, 3.8) is 0 Å². The van der Waals surface area contributed by atoms with Gasteiger partial charge in [0.2, 0.25) is 0 Å². The average Bonchev–Trinajstić information content (AvgIpc) is 2.73. The van der Waals surface area contributed by atoms with Gasteiger partial charge in [-0.15, -0.1) is 11.6 Å². The lowest BCUT2D eigenvalue weighted by Crippen LogP contribution is -2.37. The molecule has 0 amide bonds. The van der Waals surface area contributed by atoms with Gasteiger partial charge in [0.15, 0.2) is 0 Å². The SMILES string of the molecule is Cc1ncc(NC2(CCl)CCCC2)nc1C. The molecule has 1 aliphatic rings. The zero-order valence-electron chi connectivity index (χ0n) is 9.89. The minimum Gasteiger partial charge on any atom is -0.362 e. The van der Waals surface area contributed by atoms with Crippen LogP contribution in [-0.4, -0.2) is 21.4 Å². The van der Waals surface area contributed by atoms with Gasteiger partial charge in [-0.3, -0.25) is 4.98 Å². The molecule has 0 atom stereocenters. The summed E-state index contributed by atoms with van der Waals surface area (Å²) in [5.74, 6) is 1.49. The summed E-state index contributed by atoms with van der Waals surface area (Å²) >= 11 is 6.07. The molecule has 1 aromatic rings. The van der Waals surface area contributed by atoms with E-state index in [9.17, 15) is 0 Å². The van der Waals surface area contributed by atoms with Gasteiger partial charge in [-0.05, 0) is 26.7 Å². The Morgan fingerprint density at radius 1 is 1.31 bits per heavy atom. The first kappa shape index (κ1) is 11.6. The topological polar surface area (TPSA) is 37.8 Å². The summed E-state index contributed by atoms with van der Waals surface area (Å²) in [4.78, 5) is 8.81. The molecule has 1 heterocycles. The van der Waals surface area contributed by atoms with Crippen molar-refractivity contribution in [3.8, 4) is 0 Å². The van der Waals surface area contributed by atoms with Crippen LogP contribution < -0.4 is 5.32 Å². The van der Waals surface area contributed by atoms with Crippen LogP contribution in [0.1, 0.15) is 37.1 Å². The van der Waals surface area contributed by atoms with Crippen molar-refractivity contribution in [2.24, 2.45) is 0 Å². The second-order valence-corrected chi connectivity index (χ2v) is 4.94. The molecule has 0 unspecified atom stereocenters. The molecule has 1 fully saturated rings. The lowest BCUT2D eigenvalue weighted by Gasteiger charge is -2.28. The van der Waals surface area contributed by atoms with Gasteiger partial charge in [-0.25, -0.2) is 4.98 Å². The molecule has 1 aliphatic carbocycles. The summed E-state index contributed by atoms with van der Waals surface area (Å²) < 4.78 is 0. The Bertz CT molecular complexity index is 373. The van der Waals surface area contributed by atoms with Gasteiger partial charge < -0.3 is 5.32 Å². The molecule has 0 saturated heterocycles. The van der Waals surface area contributed by atoms with Crippen molar-refractivity contribution in [1.29, 1.82) is 0 Å². The third-order valence-corrected chi connectivity index (χ3v) is 3.91. The van der Waals surface area contributed by atoms with Crippen LogP contribution in [0.5, 0.6) is 0 Å². The highest BCUT2D eigenvalue weighted by Gasteiger charge is 2.33. The first-order chi connectivity index (χ1) is 7.65. The van der Waals surface area contributed by atoms with Gasteiger partial charge in [0.25, 0.3) is 0 Å². The quantitative estimate of drug-likeness (QED) is 0.824. The van der Waals surface area contributed by atoms with Gasteiger partial charge in [-0.1, -0.05) is 12.8 Å². The third-order valence-electron chi connectivity index (χ3n) is 3.40. The van der Waals surface area contributed by atoms with E-state index in [1.807, 2.05) is 13.8 Å². The molecule has 0 aliphatic heterocycles. The summed E-state index contributed by atoms with van der Waals surface area (Å²) in [6, 6.07) is 0. The minimum atomic E-state index is 0.0396. The smallest absolute Gasteiger partial charge is 0.145 e. The van der Waals surface area contributed by atoms with Crippen molar-refractivity contribution in [1.82, 2.24) is 9.97 Å². The van der Waals surface area contributed by atoms with Crippen LogP contribution >= 0.6 is 11.6 Å². The van der Waals surface area contributed by atoms with Crippen LogP contribution in [0.15, 0.2) is 6.20 Å². The van der Waals surface area contributed by atoms with Gasteiger partial charge in [0, 0.05) is 5.88 Å². The van der Waals surface area contributed by atoms with E-state index < -0.39 is 0 Å². The largest absolute Gasteiger partial charge is 0.362 e. The average molecular weight is 240 g/mol. The van der Waals surface area contributed by atoms with Crippen LogP contribution in [-0.2, 0) is 0 Å². The highest BCUT2D eigenvalue weighted by molar-refractivity contribution is 6.18. The number of aryl methyl sites for hydroxylation is 2. The Balaban J connectivity index is 2.16. The number of nitrogens with zero attached hydrogens (tertiary/aromatic N) is 2. The normalized spacial score (nSPS) is 18.7. The fraction of sp³-hybridized carbons (Fsp3) is 0.667. The van der Waals surface area contributed by atoms with Crippen molar-refractivity contribution in [2.45, 2.75) is 45.1 Å². The maximum Gasteiger partial charge on any atom is 0.145 e. The fourth-order valence-corrected chi connectivity index (χ4v) is 2.55. The van der Waals surface area contributed by atoms with Gasteiger partial charge in [0.1, 0.15) is 5.82 Å². The predicted octanol–water partition coefficient (Wildman–Crippen LogP) is 3.06. The highest BCUT2D eigenvalue weighted by Crippen LogP contribution is 2.33. The van der Waals surface area contributed by atoms with E-state index in [-0.39, 0.29) is 5.54 Å². The van der Waals surface area contributed by atoms with E-state index in [0.717, 1.165) is 30.0 Å². The first-order valence-corrected chi connectivity index (χ1v) is 6.33. The summed E-state index contributed by atoms with van der Waals surface area (Å²) in [7, 11) is 0. The van der Waals surface area contributed by atoms with Gasteiger partial charge in [-0.2, -0.15) is 0 Å². The molecule has 4 heteroatoms. The molecular formula is C12H18ClN3. The molecule has 1 N–H and O–H groups in total.